The number of aryl methyl sites for hydroxylation is 1. The van der Waals surface area contributed by atoms with Crippen molar-refractivity contribution in [2.45, 2.75) is 46.1 Å². The Morgan fingerprint density at radius 2 is 1.96 bits per heavy atom. The maximum absolute atomic E-state index is 12.5. The molecule has 0 radical (unpaired) electrons. The minimum Gasteiger partial charge on any atom is -0.494 e. The van der Waals surface area contributed by atoms with Crippen LogP contribution >= 0.6 is 0 Å². The van der Waals surface area contributed by atoms with Gasteiger partial charge in [0.25, 0.3) is 5.91 Å². The summed E-state index contributed by atoms with van der Waals surface area (Å²) in [6.45, 7) is 7.34. The van der Waals surface area contributed by atoms with Crippen molar-refractivity contribution < 1.29 is 23.5 Å². The van der Waals surface area contributed by atoms with E-state index in [0.29, 0.717) is 17.8 Å². The Kier molecular flexibility index (Phi) is 5.49. The molecule has 1 aliphatic heterocycles. The van der Waals surface area contributed by atoms with Gasteiger partial charge in [-0.3, -0.25) is 4.79 Å². The highest BCUT2D eigenvalue weighted by Crippen LogP contribution is 2.29. The maximum Gasteiger partial charge on any atom is 0.375 e. The van der Waals surface area contributed by atoms with Gasteiger partial charge < -0.3 is 18.8 Å². The van der Waals surface area contributed by atoms with Crippen molar-refractivity contribution >= 4 is 22.8 Å². The van der Waals surface area contributed by atoms with E-state index in [1.54, 1.807) is 30.9 Å². The van der Waals surface area contributed by atoms with Gasteiger partial charge in [-0.1, -0.05) is 0 Å². The zero-order valence-electron chi connectivity index (χ0n) is 15.5. The molecular formula is C20H25NO5. The van der Waals surface area contributed by atoms with Gasteiger partial charge in [0.15, 0.2) is 6.10 Å². The molecule has 0 bridgehead atoms. The Hall–Kier alpha value is -2.50. The van der Waals surface area contributed by atoms with Crippen LogP contribution in [0.3, 0.4) is 0 Å². The van der Waals surface area contributed by atoms with Crippen molar-refractivity contribution in [3.63, 3.8) is 0 Å². The number of likely N-dealkylation sites (tertiary alicyclic amines) is 1. The third-order valence-corrected chi connectivity index (χ3v) is 4.70. The number of fused-ring (bicyclic) bond motifs is 1. The molecule has 2 heterocycles. The van der Waals surface area contributed by atoms with Crippen LogP contribution in [0.4, 0.5) is 0 Å². The second kappa shape index (κ2) is 7.81. The fraction of sp³-hybridized carbons (Fsp3) is 0.500. The molecule has 0 aliphatic carbocycles. The third kappa shape index (κ3) is 3.69. The standard InChI is InChI=1S/C20H25NO5/c1-4-24-15-8-9-17-16(12-15)13(2)18(26-17)20(23)25-14(3)19(22)21-10-6-5-7-11-21/h8-9,12,14H,4-7,10-11H2,1-3H3/t14-/m0/s1. The van der Waals surface area contributed by atoms with E-state index in [9.17, 15) is 9.59 Å². The molecule has 6 heteroatoms. The Morgan fingerprint density at radius 3 is 2.65 bits per heavy atom. The van der Waals surface area contributed by atoms with Gasteiger partial charge in [0.2, 0.25) is 5.76 Å². The number of esters is 1. The molecule has 3 rings (SSSR count). The number of nitrogens with zero attached hydrogens (tertiary/aromatic N) is 1. The smallest absolute Gasteiger partial charge is 0.375 e. The molecule has 26 heavy (non-hydrogen) atoms. The highest BCUT2D eigenvalue weighted by atomic mass is 16.6. The number of amides is 1. The van der Waals surface area contributed by atoms with Gasteiger partial charge in [-0.2, -0.15) is 0 Å². The van der Waals surface area contributed by atoms with E-state index >= 15 is 0 Å². The normalized spacial score (nSPS) is 15.7. The molecule has 1 saturated heterocycles. The van der Waals surface area contributed by atoms with E-state index in [1.165, 1.54) is 0 Å². The minimum absolute atomic E-state index is 0.131. The van der Waals surface area contributed by atoms with Crippen LogP contribution < -0.4 is 4.74 Å². The molecule has 0 N–H and O–H groups in total. The van der Waals surface area contributed by atoms with Crippen LogP contribution in [0, 0.1) is 6.92 Å². The second-order valence-electron chi connectivity index (χ2n) is 6.58. The van der Waals surface area contributed by atoms with E-state index < -0.39 is 12.1 Å². The number of ether oxygens (including phenoxy) is 2. The van der Waals surface area contributed by atoms with Gasteiger partial charge in [0.05, 0.1) is 6.61 Å². The summed E-state index contributed by atoms with van der Waals surface area (Å²) in [5, 5.41) is 0.804. The van der Waals surface area contributed by atoms with Crippen LogP contribution in [-0.2, 0) is 9.53 Å². The first-order valence-corrected chi connectivity index (χ1v) is 9.17. The van der Waals surface area contributed by atoms with Crippen LogP contribution in [0.2, 0.25) is 0 Å². The fourth-order valence-electron chi connectivity index (χ4n) is 3.29. The van der Waals surface area contributed by atoms with Crippen molar-refractivity contribution in [1.82, 2.24) is 4.90 Å². The average Bonchev–Trinajstić information content (AvgIpc) is 2.98. The highest BCUT2D eigenvalue weighted by molar-refractivity contribution is 5.97. The minimum atomic E-state index is -0.827. The topological polar surface area (TPSA) is 69.0 Å². The molecule has 1 aromatic heterocycles. The summed E-state index contributed by atoms with van der Waals surface area (Å²) < 4.78 is 16.5. The lowest BCUT2D eigenvalue weighted by Gasteiger charge is -2.28. The predicted octanol–water partition coefficient (Wildman–Crippen LogP) is 3.70. The van der Waals surface area contributed by atoms with Gasteiger partial charge >= 0.3 is 5.97 Å². The lowest BCUT2D eigenvalue weighted by atomic mass is 10.1. The van der Waals surface area contributed by atoms with Crippen LogP contribution in [0.25, 0.3) is 11.0 Å². The van der Waals surface area contributed by atoms with Gasteiger partial charge in [0, 0.05) is 24.0 Å². The van der Waals surface area contributed by atoms with E-state index in [1.807, 2.05) is 13.0 Å². The monoisotopic (exact) mass is 359 g/mol. The summed E-state index contributed by atoms with van der Waals surface area (Å²) in [7, 11) is 0. The Labute approximate surface area is 153 Å². The number of carbonyl (C=O) groups excluding carboxylic acids is 2. The summed E-state index contributed by atoms with van der Waals surface area (Å²) in [4.78, 5) is 26.7. The number of rotatable bonds is 5. The quantitative estimate of drug-likeness (QED) is 0.762. The van der Waals surface area contributed by atoms with Gasteiger partial charge in [0.1, 0.15) is 11.3 Å². The zero-order chi connectivity index (χ0) is 18.7. The maximum atomic E-state index is 12.5. The molecular weight excluding hydrogens is 334 g/mol. The van der Waals surface area contributed by atoms with Crippen molar-refractivity contribution in [2.75, 3.05) is 19.7 Å². The first-order valence-electron chi connectivity index (χ1n) is 9.17. The number of hydrogen-bond donors (Lipinski definition) is 0. The van der Waals surface area contributed by atoms with Crippen LogP contribution in [0.5, 0.6) is 5.75 Å². The van der Waals surface area contributed by atoms with Crippen LogP contribution in [0.1, 0.15) is 49.2 Å². The molecule has 6 nitrogen and oxygen atoms in total. The summed E-state index contributed by atoms with van der Waals surface area (Å²) in [6.07, 6.45) is 2.31. The summed E-state index contributed by atoms with van der Waals surface area (Å²) >= 11 is 0. The Bertz CT molecular complexity index is 804. The predicted molar refractivity (Wildman–Crippen MR) is 97.4 cm³/mol. The van der Waals surface area contributed by atoms with Crippen LogP contribution in [-0.4, -0.2) is 42.6 Å². The summed E-state index contributed by atoms with van der Waals surface area (Å²) in [5.41, 5.74) is 1.28. The largest absolute Gasteiger partial charge is 0.494 e. The summed E-state index contributed by atoms with van der Waals surface area (Å²) in [5.74, 6) is 0.0874. The fourth-order valence-corrected chi connectivity index (χ4v) is 3.29. The van der Waals surface area contributed by atoms with E-state index in [-0.39, 0.29) is 11.7 Å². The molecule has 140 valence electrons. The first kappa shape index (κ1) is 18.3. The summed E-state index contributed by atoms with van der Waals surface area (Å²) in [6, 6.07) is 5.41. The van der Waals surface area contributed by atoms with Crippen molar-refractivity contribution in [1.29, 1.82) is 0 Å². The molecule has 2 aromatic rings. The van der Waals surface area contributed by atoms with Crippen molar-refractivity contribution in [3.8, 4) is 5.75 Å². The average molecular weight is 359 g/mol. The van der Waals surface area contributed by atoms with Crippen molar-refractivity contribution in [3.05, 3.63) is 29.5 Å². The van der Waals surface area contributed by atoms with Crippen molar-refractivity contribution in [2.24, 2.45) is 0 Å². The molecule has 0 spiro atoms. The second-order valence-corrected chi connectivity index (χ2v) is 6.58. The lowest BCUT2D eigenvalue weighted by molar-refractivity contribution is -0.140. The first-order chi connectivity index (χ1) is 12.5. The van der Waals surface area contributed by atoms with E-state index in [4.69, 9.17) is 13.9 Å². The van der Waals surface area contributed by atoms with E-state index in [0.717, 1.165) is 43.5 Å². The number of furan rings is 1. The molecule has 1 fully saturated rings. The number of carbonyl (C=O) groups is 2. The molecule has 0 unspecified atom stereocenters. The number of hydrogen-bond acceptors (Lipinski definition) is 5. The van der Waals surface area contributed by atoms with Gasteiger partial charge in [-0.25, -0.2) is 4.79 Å². The molecule has 1 aromatic carbocycles. The molecule has 1 aliphatic rings. The van der Waals surface area contributed by atoms with Gasteiger partial charge in [-0.05, 0) is 58.2 Å². The molecule has 0 saturated carbocycles. The number of benzene rings is 1. The van der Waals surface area contributed by atoms with Crippen LogP contribution in [0.15, 0.2) is 22.6 Å². The number of piperidine rings is 1. The van der Waals surface area contributed by atoms with Gasteiger partial charge in [-0.15, -0.1) is 0 Å². The third-order valence-electron chi connectivity index (χ3n) is 4.70. The Morgan fingerprint density at radius 1 is 1.23 bits per heavy atom. The van der Waals surface area contributed by atoms with E-state index in [2.05, 4.69) is 0 Å². The lowest BCUT2D eigenvalue weighted by Crippen LogP contribution is -2.42. The SMILES string of the molecule is CCOc1ccc2oc(C(=O)O[C@@H](C)C(=O)N3CCCCC3)c(C)c2c1. The Balaban J connectivity index is 1.74. The highest BCUT2D eigenvalue weighted by Gasteiger charge is 2.28. The molecule has 1 amide bonds. The molecule has 1 atom stereocenters. The zero-order valence-corrected chi connectivity index (χ0v) is 15.5.